The molecule has 0 saturated carbocycles. The van der Waals surface area contributed by atoms with Gasteiger partial charge >= 0.3 is 5.97 Å². The lowest BCUT2D eigenvalue weighted by molar-refractivity contribution is -0.143. The van der Waals surface area contributed by atoms with Crippen molar-refractivity contribution in [3.05, 3.63) is 77.0 Å². The van der Waals surface area contributed by atoms with Crippen molar-refractivity contribution in [3.8, 4) is 11.1 Å². The van der Waals surface area contributed by atoms with Crippen molar-refractivity contribution in [2.75, 3.05) is 12.4 Å². The molecule has 0 spiro atoms. The molecule has 8 heteroatoms. The van der Waals surface area contributed by atoms with Gasteiger partial charge in [0.2, 0.25) is 0 Å². The second-order valence-electron chi connectivity index (χ2n) is 7.97. The lowest BCUT2D eigenvalue weighted by atomic mass is 10.0. The summed E-state index contributed by atoms with van der Waals surface area (Å²) in [5.41, 5.74) is 2.76. The topological polar surface area (TPSA) is 101 Å². The molecule has 3 aromatic rings. The number of nitrogens with one attached hydrogen (secondary N) is 2. The van der Waals surface area contributed by atoms with Crippen molar-refractivity contribution in [1.82, 2.24) is 10.3 Å². The van der Waals surface area contributed by atoms with E-state index in [1.165, 1.54) is 25.2 Å². The maximum absolute atomic E-state index is 12.4. The van der Waals surface area contributed by atoms with E-state index >= 15 is 0 Å². The Balaban J connectivity index is 1.71. The van der Waals surface area contributed by atoms with Crippen LogP contribution in [0.15, 0.2) is 60.9 Å². The zero-order chi connectivity index (χ0) is 24.7. The molecule has 7 nitrogen and oxygen atoms in total. The summed E-state index contributed by atoms with van der Waals surface area (Å²) in [7, 11) is 1.61. The second-order valence-corrected chi connectivity index (χ2v) is 9.00. The molecule has 3 N–H and O–H groups in total. The van der Waals surface area contributed by atoms with E-state index in [2.05, 4.69) is 15.6 Å². The number of rotatable bonds is 9. The second kappa shape index (κ2) is 10.8. The van der Waals surface area contributed by atoms with E-state index in [9.17, 15) is 14.7 Å². The number of carbonyl (C=O) groups is 2. The first-order valence-electron chi connectivity index (χ1n) is 10.6. The third-order valence-corrected chi connectivity index (χ3v) is 5.89. The highest BCUT2D eigenvalue weighted by Crippen LogP contribution is 2.29. The largest absolute Gasteiger partial charge is 0.504 e. The zero-order valence-electron chi connectivity index (χ0n) is 19.5. The van der Waals surface area contributed by atoms with Crippen molar-refractivity contribution in [2.24, 2.45) is 0 Å². The third kappa shape index (κ3) is 6.11. The Labute approximate surface area is 202 Å². The summed E-state index contributed by atoms with van der Waals surface area (Å²) in [6.07, 6.45) is 7.40. The molecule has 1 heterocycles. The van der Waals surface area contributed by atoms with Gasteiger partial charge in [0.25, 0.3) is 5.91 Å². The summed E-state index contributed by atoms with van der Waals surface area (Å²) in [6, 6.07) is 14.9. The first-order valence-corrected chi connectivity index (χ1v) is 11.4. The van der Waals surface area contributed by atoms with Gasteiger partial charge in [-0.25, -0.2) is 9.78 Å². The van der Waals surface area contributed by atoms with Gasteiger partial charge in [0.05, 0.1) is 23.9 Å². The van der Waals surface area contributed by atoms with Crippen LogP contribution in [0.2, 0.25) is 0 Å². The Kier molecular flexibility index (Phi) is 7.86. The number of methoxy groups -OCH3 is 1. The first-order chi connectivity index (χ1) is 16.2. The van der Waals surface area contributed by atoms with Crippen LogP contribution in [0.1, 0.15) is 41.7 Å². The molecule has 1 aromatic heterocycles. The summed E-state index contributed by atoms with van der Waals surface area (Å²) < 4.78 is 5.02. The minimum absolute atomic E-state index is 0.399. The number of amides is 1. The minimum atomic E-state index is -1.34. The minimum Gasteiger partial charge on any atom is -0.504 e. The number of allylic oxidation sites excluding steroid dienone is 1. The number of hydrogen-bond donors (Lipinski definition) is 3. The van der Waals surface area contributed by atoms with E-state index < -0.39 is 17.4 Å². The number of carbonyl (C=O) groups excluding carboxylic acids is 1. The quantitative estimate of drug-likeness (QED) is 0.337. The molecule has 3 rings (SSSR count). The third-order valence-electron chi connectivity index (χ3n) is 4.94. The zero-order valence-corrected chi connectivity index (χ0v) is 20.3. The average molecular weight is 478 g/mol. The highest BCUT2D eigenvalue weighted by atomic mass is 32.1. The molecule has 0 unspecified atom stereocenters. The number of thiazole rings is 1. The molecule has 176 valence electrons. The molecule has 0 aliphatic heterocycles. The predicted molar refractivity (Wildman–Crippen MR) is 137 cm³/mol. The van der Waals surface area contributed by atoms with Crippen LogP contribution in [0, 0.1) is 0 Å². The maximum atomic E-state index is 12.4. The Morgan fingerprint density at radius 1 is 1.03 bits per heavy atom. The Hall–Kier alpha value is -3.91. The number of anilines is 2. The van der Waals surface area contributed by atoms with Gasteiger partial charge in [-0.3, -0.25) is 4.79 Å². The van der Waals surface area contributed by atoms with E-state index in [1.54, 1.807) is 25.5 Å². The summed E-state index contributed by atoms with van der Waals surface area (Å²) in [4.78, 5) is 29.2. The predicted octanol–water partition coefficient (Wildman–Crippen LogP) is 5.80. The van der Waals surface area contributed by atoms with Crippen LogP contribution < -0.4 is 10.6 Å². The molecule has 1 amide bonds. The molecule has 0 saturated heterocycles. The number of benzene rings is 2. The number of hydrogen-bond acceptors (Lipinski definition) is 6. The monoisotopic (exact) mass is 477 g/mol. The number of ether oxygens (including phenoxy) is 1. The van der Waals surface area contributed by atoms with Crippen LogP contribution in [0.5, 0.6) is 0 Å². The van der Waals surface area contributed by atoms with E-state index in [-0.39, 0.29) is 0 Å². The van der Waals surface area contributed by atoms with E-state index in [0.717, 1.165) is 32.5 Å². The molecule has 0 radical (unpaired) electrons. The average Bonchev–Trinajstić information content (AvgIpc) is 3.19. The Morgan fingerprint density at radius 3 is 2.21 bits per heavy atom. The number of carboxylic acids is 1. The van der Waals surface area contributed by atoms with E-state index in [0.29, 0.717) is 5.56 Å². The highest BCUT2D eigenvalue weighted by Gasteiger charge is 2.29. The number of nitrogens with zero attached hydrogens (tertiary/aromatic N) is 1. The molecule has 34 heavy (non-hydrogen) atoms. The molecule has 0 fully saturated rings. The lowest BCUT2D eigenvalue weighted by Gasteiger charge is -2.21. The number of aromatic nitrogens is 1. The van der Waals surface area contributed by atoms with Crippen LogP contribution in [0.3, 0.4) is 0 Å². The lowest BCUT2D eigenvalue weighted by Crippen LogP contribution is -2.49. The molecule has 2 aromatic carbocycles. The fraction of sp³-hybridized carbons (Fsp3) is 0.192. The SMILES string of the molecule is C/C=C\c1nc(Nc2ccc(-c3ccc(C(=O)NC(C)(C)C(=O)O)cc3)cc2)sc1/C=C/OC. The summed E-state index contributed by atoms with van der Waals surface area (Å²) in [5.74, 6) is -1.52. The summed E-state index contributed by atoms with van der Waals surface area (Å²) >= 11 is 1.53. The van der Waals surface area contributed by atoms with Crippen molar-refractivity contribution in [2.45, 2.75) is 26.3 Å². The van der Waals surface area contributed by atoms with Crippen LogP contribution >= 0.6 is 11.3 Å². The van der Waals surface area contributed by atoms with Crippen LogP contribution in [-0.4, -0.2) is 34.6 Å². The number of aliphatic carboxylic acids is 1. The van der Waals surface area contributed by atoms with Crippen molar-refractivity contribution < 1.29 is 19.4 Å². The highest BCUT2D eigenvalue weighted by molar-refractivity contribution is 7.16. The van der Waals surface area contributed by atoms with Crippen molar-refractivity contribution in [1.29, 1.82) is 0 Å². The van der Waals surface area contributed by atoms with Gasteiger partial charge in [-0.05, 0) is 68.3 Å². The molecule has 0 aliphatic carbocycles. The Morgan fingerprint density at radius 2 is 1.65 bits per heavy atom. The van der Waals surface area contributed by atoms with Gasteiger partial charge in [0.1, 0.15) is 5.54 Å². The van der Waals surface area contributed by atoms with Gasteiger partial charge < -0.3 is 20.5 Å². The molecule has 0 bridgehead atoms. The van der Waals surface area contributed by atoms with Crippen LogP contribution in [0.4, 0.5) is 10.8 Å². The Bertz CT molecular complexity index is 1210. The first kappa shape index (κ1) is 24.7. The van der Waals surface area contributed by atoms with Gasteiger partial charge in [0.15, 0.2) is 5.13 Å². The van der Waals surface area contributed by atoms with E-state index in [4.69, 9.17) is 4.74 Å². The maximum Gasteiger partial charge on any atom is 0.328 e. The molecular weight excluding hydrogens is 450 g/mol. The van der Waals surface area contributed by atoms with E-state index in [1.807, 2.05) is 61.5 Å². The van der Waals surface area contributed by atoms with Gasteiger partial charge in [-0.15, -0.1) is 0 Å². The van der Waals surface area contributed by atoms with Gasteiger partial charge in [-0.1, -0.05) is 41.7 Å². The van der Waals surface area contributed by atoms with Gasteiger partial charge in [0, 0.05) is 11.3 Å². The van der Waals surface area contributed by atoms with Crippen LogP contribution in [-0.2, 0) is 9.53 Å². The summed E-state index contributed by atoms with van der Waals surface area (Å²) in [5, 5.41) is 15.8. The van der Waals surface area contributed by atoms with Gasteiger partial charge in [-0.2, -0.15) is 0 Å². The molecule has 0 atom stereocenters. The fourth-order valence-electron chi connectivity index (χ4n) is 3.02. The molecular formula is C26H27N3O4S. The molecule has 0 aliphatic rings. The fourth-order valence-corrected chi connectivity index (χ4v) is 3.88. The van der Waals surface area contributed by atoms with Crippen molar-refractivity contribution in [3.63, 3.8) is 0 Å². The normalized spacial score (nSPS) is 11.6. The smallest absolute Gasteiger partial charge is 0.328 e. The number of carboxylic acid groups (broad SMARTS) is 1. The van der Waals surface area contributed by atoms with Crippen LogP contribution in [0.25, 0.3) is 23.3 Å². The van der Waals surface area contributed by atoms with Crippen molar-refractivity contribution >= 4 is 46.2 Å². The summed E-state index contributed by atoms with van der Waals surface area (Å²) in [6.45, 7) is 4.84. The standard InChI is InChI=1S/C26H27N3O4S/c1-5-6-21-22(15-16-33-4)34-25(28-21)27-20-13-11-18(12-14-20)17-7-9-19(10-8-17)23(30)29-26(2,3)24(31)32/h5-16H,1-4H3,(H,27,28)(H,29,30)(H,31,32)/b6-5-,16-15+.